The molecule has 0 aliphatic carbocycles. The molecule has 5 aromatic rings. The molecular weight excluding hydrogens is 422 g/mol. The van der Waals surface area contributed by atoms with Crippen LogP contribution < -0.4 is 4.80 Å². The van der Waals surface area contributed by atoms with E-state index in [-0.39, 0.29) is 5.69 Å². The molecule has 0 bridgehead atoms. The van der Waals surface area contributed by atoms with Crippen molar-refractivity contribution in [2.75, 3.05) is 0 Å². The Morgan fingerprint density at radius 1 is 0.969 bits per heavy atom. The standard InChI is InChI=1S/C24H17N5O2S/c30-29(31)20-12-10-17(11-13-20)23-16-32-24(27-19-6-2-1-3-7-19)28(23)26-15-18-14-25-22-9-5-4-8-21(18)22/h1-16,25H. The number of aromatic amines is 1. The largest absolute Gasteiger partial charge is 0.361 e. The van der Waals surface area contributed by atoms with Gasteiger partial charge in [0.25, 0.3) is 5.69 Å². The number of non-ortho nitro benzene ring substituents is 1. The van der Waals surface area contributed by atoms with Crippen LogP contribution in [0.1, 0.15) is 5.56 Å². The number of nitrogens with one attached hydrogen (secondary N) is 1. The summed E-state index contributed by atoms with van der Waals surface area (Å²) in [6, 6.07) is 24.1. The fraction of sp³-hybridized carbons (Fsp3) is 0. The van der Waals surface area contributed by atoms with Crippen molar-refractivity contribution in [1.82, 2.24) is 9.66 Å². The number of fused-ring (bicyclic) bond motifs is 1. The molecule has 0 saturated carbocycles. The Balaban J connectivity index is 1.63. The molecule has 0 atom stereocenters. The van der Waals surface area contributed by atoms with Gasteiger partial charge >= 0.3 is 0 Å². The van der Waals surface area contributed by atoms with Crippen LogP contribution >= 0.6 is 11.3 Å². The molecule has 156 valence electrons. The fourth-order valence-corrected chi connectivity index (χ4v) is 4.23. The lowest BCUT2D eigenvalue weighted by Crippen LogP contribution is -2.11. The minimum absolute atomic E-state index is 0.0482. The lowest BCUT2D eigenvalue weighted by atomic mass is 10.1. The van der Waals surface area contributed by atoms with E-state index in [0.717, 1.165) is 33.4 Å². The highest BCUT2D eigenvalue weighted by Gasteiger charge is 2.11. The van der Waals surface area contributed by atoms with Crippen molar-refractivity contribution in [3.05, 3.63) is 111 Å². The van der Waals surface area contributed by atoms with E-state index >= 15 is 0 Å². The molecule has 5 rings (SSSR count). The van der Waals surface area contributed by atoms with E-state index in [9.17, 15) is 10.1 Å². The van der Waals surface area contributed by atoms with Crippen molar-refractivity contribution in [2.45, 2.75) is 0 Å². The first-order valence-corrected chi connectivity index (χ1v) is 10.7. The molecule has 0 spiro atoms. The summed E-state index contributed by atoms with van der Waals surface area (Å²) >= 11 is 1.46. The van der Waals surface area contributed by atoms with Crippen molar-refractivity contribution < 1.29 is 4.92 Å². The van der Waals surface area contributed by atoms with Gasteiger partial charge in [-0.3, -0.25) is 10.1 Å². The lowest BCUT2D eigenvalue weighted by Gasteiger charge is -2.03. The zero-order valence-electron chi connectivity index (χ0n) is 16.8. The molecular formula is C24H17N5O2S. The van der Waals surface area contributed by atoms with Gasteiger partial charge in [-0.15, -0.1) is 11.3 Å². The lowest BCUT2D eigenvalue weighted by molar-refractivity contribution is -0.384. The van der Waals surface area contributed by atoms with Gasteiger partial charge in [0.15, 0.2) is 0 Å². The Morgan fingerprint density at radius 3 is 2.50 bits per heavy atom. The molecule has 7 nitrogen and oxygen atoms in total. The van der Waals surface area contributed by atoms with Gasteiger partial charge in [0.2, 0.25) is 4.80 Å². The van der Waals surface area contributed by atoms with Crippen LogP contribution in [0.4, 0.5) is 11.4 Å². The summed E-state index contributed by atoms with van der Waals surface area (Å²) in [6.45, 7) is 0. The third-order valence-electron chi connectivity index (χ3n) is 4.97. The van der Waals surface area contributed by atoms with E-state index in [0.29, 0.717) is 4.80 Å². The molecule has 0 radical (unpaired) electrons. The summed E-state index contributed by atoms with van der Waals surface area (Å²) in [4.78, 5) is 19.3. The maximum Gasteiger partial charge on any atom is 0.269 e. The Bertz CT molecular complexity index is 1490. The molecule has 0 aliphatic rings. The van der Waals surface area contributed by atoms with Crippen LogP contribution in [-0.4, -0.2) is 20.8 Å². The number of thiazole rings is 1. The molecule has 0 unspecified atom stereocenters. The van der Waals surface area contributed by atoms with E-state index in [4.69, 9.17) is 10.1 Å². The molecule has 1 N–H and O–H groups in total. The van der Waals surface area contributed by atoms with Crippen molar-refractivity contribution in [3.63, 3.8) is 0 Å². The summed E-state index contributed by atoms with van der Waals surface area (Å²) in [7, 11) is 0. The van der Waals surface area contributed by atoms with Crippen LogP contribution in [0, 0.1) is 10.1 Å². The number of hydrogen-bond donors (Lipinski definition) is 1. The SMILES string of the molecule is O=[N+]([O-])c1ccc(-c2csc(=Nc3ccccc3)n2N=Cc2c[nH]c3ccccc23)cc1. The highest BCUT2D eigenvalue weighted by atomic mass is 32.1. The van der Waals surface area contributed by atoms with E-state index in [1.54, 1.807) is 23.0 Å². The quantitative estimate of drug-likeness (QED) is 0.216. The van der Waals surface area contributed by atoms with Gasteiger partial charge in [-0.25, -0.2) is 9.67 Å². The van der Waals surface area contributed by atoms with Gasteiger partial charge in [0.1, 0.15) is 0 Å². The Morgan fingerprint density at radius 2 is 1.72 bits per heavy atom. The smallest absolute Gasteiger partial charge is 0.269 e. The third-order valence-corrected chi connectivity index (χ3v) is 5.79. The number of nitro benzene ring substituents is 1. The van der Waals surface area contributed by atoms with Crippen molar-refractivity contribution in [2.24, 2.45) is 10.1 Å². The summed E-state index contributed by atoms with van der Waals surface area (Å²) in [5.74, 6) is 0. The van der Waals surface area contributed by atoms with Crippen LogP contribution in [-0.2, 0) is 0 Å². The second-order valence-electron chi connectivity index (χ2n) is 7.00. The fourth-order valence-electron chi connectivity index (χ4n) is 3.37. The monoisotopic (exact) mass is 439 g/mol. The number of benzene rings is 3. The number of aromatic nitrogens is 2. The minimum atomic E-state index is -0.406. The van der Waals surface area contributed by atoms with Crippen LogP contribution in [0.2, 0.25) is 0 Å². The molecule has 0 amide bonds. The van der Waals surface area contributed by atoms with Gasteiger partial charge in [-0.05, 0) is 30.3 Å². The summed E-state index contributed by atoms with van der Waals surface area (Å²) < 4.78 is 1.76. The van der Waals surface area contributed by atoms with Gasteiger partial charge in [0.05, 0.1) is 22.5 Å². The van der Waals surface area contributed by atoms with Crippen LogP contribution in [0.15, 0.2) is 101 Å². The summed E-state index contributed by atoms with van der Waals surface area (Å²) in [6.07, 6.45) is 3.71. The summed E-state index contributed by atoms with van der Waals surface area (Å²) in [5, 5.41) is 18.8. The zero-order chi connectivity index (χ0) is 21.9. The Hall–Kier alpha value is -4.30. The molecule has 2 aromatic heterocycles. The van der Waals surface area contributed by atoms with Crippen molar-refractivity contribution in [1.29, 1.82) is 0 Å². The number of rotatable bonds is 5. The van der Waals surface area contributed by atoms with Gasteiger partial charge in [0, 0.05) is 45.7 Å². The highest BCUT2D eigenvalue weighted by Crippen LogP contribution is 2.24. The van der Waals surface area contributed by atoms with Crippen LogP contribution in [0.3, 0.4) is 0 Å². The number of nitro groups is 1. The predicted octanol–water partition coefficient (Wildman–Crippen LogP) is 5.72. The molecule has 0 fully saturated rings. The topological polar surface area (TPSA) is 88.6 Å². The van der Waals surface area contributed by atoms with Gasteiger partial charge < -0.3 is 4.98 Å². The first kappa shape index (κ1) is 19.7. The average Bonchev–Trinajstić information content (AvgIpc) is 3.42. The molecule has 0 aliphatic heterocycles. The molecule has 32 heavy (non-hydrogen) atoms. The highest BCUT2D eigenvalue weighted by molar-refractivity contribution is 7.07. The Kier molecular flexibility index (Phi) is 5.19. The van der Waals surface area contributed by atoms with E-state index < -0.39 is 4.92 Å². The minimum Gasteiger partial charge on any atom is -0.361 e. The zero-order valence-corrected chi connectivity index (χ0v) is 17.6. The second-order valence-corrected chi connectivity index (χ2v) is 7.84. The average molecular weight is 440 g/mol. The molecule has 3 aromatic carbocycles. The predicted molar refractivity (Wildman–Crippen MR) is 127 cm³/mol. The number of para-hydroxylation sites is 2. The van der Waals surface area contributed by atoms with Crippen LogP contribution in [0.5, 0.6) is 0 Å². The number of hydrogen-bond acceptors (Lipinski definition) is 5. The van der Waals surface area contributed by atoms with Crippen LogP contribution in [0.25, 0.3) is 22.2 Å². The Labute approximate surface area is 186 Å². The third kappa shape index (κ3) is 3.86. The van der Waals surface area contributed by atoms with Gasteiger partial charge in [-0.1, -0.05) is 36.4 Å². The van der Waals surface area contributed by atoms with E-state index in [1.165, 1.54) is 23.5 Å². The summed E-state index contributed by atoms with van der Waals surface area (Å²) in [5.41, 5.74) is 4.48. The van der Waals surface area contributed by atoms with Crippen molar-refractivity contribution >= 4 is 39.8 Å². The maximum absolute atomic E-state index is 11.0. The first-order chi connectivity index (χ1) is 15.7. The van der Waals surface area contributed by atoms with Crippen molar-refractivity contribution in [3.8, 4) is 11.3 Å². The number of nitrogens with zero attached hydrogens (tertiary/aromatic N) is 4. The molecule has 8 heteroatoms. The van der Waals surface area contributed by atoms with E-state index in [1.807, 2.05) is 66.2 Å². The normalized spacial score (nSPS) is 12.1. The second kappa shape index (κ2) is 8.44. The first-order valence-electron chi connectivity index (χ1n) is 9.85. The molecule has 0 saturated heterocycles. The molecule has 2 heterocycles. The van der Waals surface area contributed by atoms with Gasteiger partial charge in [-0.2, -0.15) is 5.10 Å². The maximum atomic E-state index is 11.0. The van der Waals surface area contributed by atoms with E-state index in [2.05, 4.69) is 4.98 Å². The number of H-pyrrole nitrogens is 1.